The molecule has 0 bridgehead atoms. The maximum absolute atomic E-state index is 9.12. The summed E-state index contributed by atoms with van der Waals surface area (Å²) in [6.07, 6.45) is 11.9. The Morgan fingerprint density at radius 2 is 1.90 bits per heavy atom. The molecule has 3 nitrogen and oxygen atoms in total. The van der Waals surface area contributed by atoms with E-state index in [1.54, 1.807) is 0 Å². The fraction of sp³-hybridized carbons (Fsp3) is 1.00. The number of nitrogens with zero attached hydrogens (tertiary/aromatic N) is 1. The average molecular weight is 282 g/mol. The van der Waals surface area contributed by atoms with Gasteiger partial charge in [-0.1, -0.05) is 26.2 Å². The second kappa shape index (κ2) is 9.01. The number of aliphatic hydroxyl groups is 1. The van der Waals surface area contributed by atoms with Gasteiger partial charge in [0.05, 0.1) is 0 Å². The second-order valence-electron chi connectivity index (χ2n) is 6.76. The molecule has 0 aromatic rings. The second-order valence-corrected chi connectivity index (χ2v) is 6.76. The van der Waals surface area contributed by atoms with E-state index in [-0.39, 0.29) is 0 Å². The first-order valence-electron chi connectivity index (χ1n) is 8.93. The summed E-state index contributed by atoms with van der Waals surface area (Å²) in [6, 6.07) is 1.55. The van der Waals surface area contributed by atoms with Gasteiger partial charge in [0.1, 0.15) is 0 Å². The minimum absolute atomic E-state index is 0.339. The predicted octanol–water partition coefficient (Wildman–Crippen LogP) is 2.78. The van der Waals surface area contributed by atoms with Crippen LogP contribution in [0.1, 0.15) is 64.7 Å². The largest absolute Gasteiger partial charge is 0.396 e. The van der Waals surface area contributed by atoms with Crippen molar-refractivity contribution in [1.29, 1.82) is 0 Å². The van der Waals surface area contributed by atoms with Gasteiger partial charge in [-0.15, -0.1) is 0 Å². The Labute approximate surface area is 125 Å². The van der Waals surface area contributed by atoms with Crippen LogP contribution < -0.4 is 5.32 Å². The van der Waals surface area contributed by atoms with Gasteiger partial charge < -0.3 is 10.4 Å². The van der Waals surface area contributed by atoms with Crippen LogP contribution in [0.2, 0.25) is 0 Å². The summed E-state index contributed by atoms with van der Waals surface area (Å²) in [5.74, 6) is 0.828. The van der Waals surface area contributed by atoms with E-state index < -0.39 is 0 Å². The lowest BCUT2D eigenvalue weighted by Crippen LogP contribution is -2.49. The molecule has 2 atom stereocenters. The number of nitrogens with one attached hydrogen (secondary N) is 1. The van der Waals surface area contributed by atoms with Crippen LogP contribution in [0.4, 0.5) is 0 Å². The first kappa shape index (κ1) is 16.3. The van der Waals surface area contributed by atoms with Crippen LogP contribution in [0.3, 0.4) is 0 Å². The zero-order valence-electron chi connectivity index (χ0n) is 13.3. The molecule has 2 aliphatic carbocycles. The standard InChI is InChI=1S/C17H34N2O/c1-2-11-18-17-10-4-3-7-15(17)14-19(12-6-13-20)16-8-5-9-16/h15-18,20H,2-14H2,1H3. The normalized spacial score (nSPS) is 27.8. The van der Waals surface area contributed by atoms with E-state index in [9.17, 15) is 0 Å². The molecular formula is C17H34N2O. The van der Waals surface area contributed by atoms with Crippen molar-refractivity contribution in [3.63, 3.8) is 0 Å². The first-order valence-corrected chi connectivity index (χ1v) is 8.93. The highest BCUT2D eigenvalue weighted by Gasteiger charge is 2.30. The van der Waals surface area contributed by atoms with Crippen molar-refractivity contribution >= 4 is 0 Å². The molecule has 3 heteroatoms. The zero-order chi connectivity index (χ0) is 14.2. The van der Waals surface area contributed by atoms with Gasteiger partial charge in [-0.25, -0.2) is 0 Å². The van der Waals surface area contributed by atoms with Crippen LogP contribution in [0.15, 0.2) is 0 Å². The number of rotatable bonds is 9. The van der Waals surface area contributed by atoms with Gasteiger partial charge in [0.15, 0.2) is 0 Å². The summed E-state index contributed by atoms with van der Waals surface area (Å²) in [5.41, 5.74) is 0. The molecule has 2 rings (SSSR count). The molecule has 118 valence electrons. The molecule has 0 heterocycles. The fourth-order valence-corrected chi connectivity index (χ4v) is 3.77. The van der Waals surface area contributed by atoms with Crippen molar-refractivity contribution in [2.75, 3.05) is 26.2 Å². The average Bonchev–Trinajstić information content (AvgIpc) is 2.42. The van der Waals surface area contributed by atoms with Gasteiger partial charge in [0.2, 0.25) is 0 Å². The van der Waals surface area contributed by atoms with E-state index in [2.05, 4.69) is 17.1 Å². The summed E-state index contributed by atoms with van der Waals surface area (Å²) >= 11 is 0. The van der Waals surface area contributed by atoms with Crippen LogP contribution in [-0.2, 0) is 0 Å². The van der Waals surface area contributed by atoms with Crippen molar-refractivity contribution < 1.29 is 5.11 Å². The molecule has 0 amide bonds. The van der Waals surface area contributed by atoms with E-state index in [4.69, 9.17) is 5.11 Å². The van der Waals surface area contributed by atoms with Gasteiger partial charge in [-0.3, -0.25) is 4.90 Å². The van der Waals surface area contributed by atoms with Crippen LogP contribution in [0.25, 0.3) is 0 Å². The minimum atomic E-state index is 0.339. The highest BCUT2D eigenvalue weighted by molar-refractivity contribution is 4.87. The Kier molecular flexibility index (Phi) is 7.32. The summed E-state index contributed by atoms with van der Waals surface area (Å²) in [5, 5.41) is 12.9. The molecule has 20 heavy (non-hydrogen) atoms. The summed E-state index contributed by atoms with van der Waals surface area (Å²) in [7, 11) is 0. The molecule has 2 aliphatic rings. The van der Waals surface area contributed by atoms with Gasteiger partial charge in [0, 0.05) is 31.8 Å². The van der Waals surface area contributed by atoms with Gasteiger partial charge in [-0.2, -0.15) is 0 Å². The monoisotopic (exact) mass is 282 g/mol. The molecule has 0 radical (unpaired) electrons. The van der Waals surface area contributed by atoms with Gasteiger partial charge >= 0.3 is 0 Å². The van der Waals surface area contributed by atoms with Gasteiger partial charge in [-0.05, 0) is 51.0 Å². The molecule has 0 aliphatic heterocycles. The van der Waals surface area contributed by atoms with E-state index in [0.29, 0.717) is 6.61 Å². The highest BCUT2D eigenvalue weighted by atomic mass is 16.3. The number of hydrogen-bond donors (Lipinski definition) is 2. The topological polar surface area (TPSA) is 35.5 Å². The molecule has 0 aromatic carbocycles. The first-order chi connectivity index (χ1) is 9.85. The van der Waals surface area contributed by atoms with Crippen LogP contribution >= 0.6 is 0 Å². The molecule has 2 N–H and O–H groups in total. The Balaban J connectivity index is 1.84. The fourth-order valence-electron chi connectivity index (χ4n) is 3.77. The van der Waals surface area contributed by atoms with Crippen LogP contribution in [-0.4, -0.2) is 48.3 Å². The molecule has 2 saturated carbocycles. The minimum Gasteiger partial charge on any atom is -0.396 e. The third-order valence-corrected chi connectivity index (χ3v) is 5.23. The summed E-state index contributed by atoms with van der Waals surface area (Å²) < 4.78 is 0. The highest BCUT2D eigenvalue weighted by Crippen LogP contribution is 2.30. The zero-order valence-corrected chi connectivity index (χ0v) is 13.3. The quantitative estimate of drug-likeness (QED) is 0.682. The van der Waals surface area contributed by atoms with E-state index in [0.717, 1.165) is 31.0 Å². The third-order valence-electron chi connectivity index (χ3n) is 5.23. The molecule has 0 saturated heterocycles. The summed E-state index contributed by atoms with van der Waals surface area (Å²) in [6.45, 7) is 6.11. The maximum Gasteiger partial charge on any atom is 0.0443 e. The van der Waals surface area contributed by atoms with Crippen molar-refractivity contribution in [1.82, 2.24) is 10.2 Å². The maximum atomic E-state index is 9.12. The van der Waals surface area contributed by atoms with E-state index in [1.165, 1.54) is 64.5 Å². The number of hydrogen-bond acceptors (Lipinski definition) is 3. The lowest BCUT2D eigenvalue weighted by Gasteiger charge is -2.42. The third kappa shape index (κ3) is 4.71. The molecule has 2 unspecified atom stereocenters. The smallest absolute Gasteiger partial charge is 0.0443 e. The Hall–Kier alpha value is -0.120. The summed E-state index contributed by atoms with van der Waals surface area (Å²) in [4.78, 5) is 2.69. The lowest BCUT2D eigenvalue weighted by atomic mass is 9.82. The predicted molar refractivity (Wildman–Crippen MR) is 85.0 cm³/mol. The molecule has 2 fully saturated rings. The Morgan fingerprint density at radius 1 is 1.10 bits per heavy atom. The Morgan fingerprint density at radius 3 is 2.55 bits per heavy atom. The Bertz CT molecular complexity index is 255. The van der Waals surface area contributed by atoms with Crippen LogP contribution in [0.5, 0.6) is 0 Å². The van der Waals surface area contributed by atoms with E-state index in [1.807, 2.05) is 0 Å². The SMILES string of the molecule is CCCNC1CCCCC1CN(CCCO)C1CCC1. The molecular weight excluding hydrogens is 248 g/mol. The van der Waals surface area contributed by atoms with E-state index >= 15 is 0 Å². The number of aliphatic hydroxyl groups excluding tert-OH is 1. The lowest BCUT2D eigenvalue weighted by molar-refractivity contribution is 0.0792. The van der Waals surface area contributed by atoms with Crippen molar-refractivity contribution in [3.8, 4) is 0 Å². The van der Waals surface area contributed by atoms with Crippen molar-refractivity contribution in [2.45, 2.75) is 76.8 Å². The van der Waals surface area contributed by atoms with Crippen molar-refractivity contribution in [2.24, 2.45) is 5.92 Å². The van der Waals surface area contributed by atoms with Gasteiger partial charge in [0.25, 0.3) is 0 Å². The molecule has 0 aromatic heterocycles. The van der Waals surface area contributed by atoms with Crippen molar-refractivity contribution in [3.05, 3.63) is 0 Å². The van der Waals surface area contributed by atoms with Crippen LogP contribution in [0, 0.1) is 5.92 Å². The molecule has 0 spiro atoms.